The molecular formula is C18H22N2O3. The predicted octanol–water partition coefficient (Wildman–Crippen LogP) is 3.69. The molecule has 0 bridgehead atoms. The SMILES string of the molecule is COc1ccc(C=CC(=O)c2c(C)nn(C(C)C)c2C)cc1O. The van der Waals surface area contributed by atoms with Gasteiger partial charge >= 0.3 is 0 Å². The fraction of sp³-hybridized carbons (Fsp3) is 0.333. The van der Waals surface area contributed by atoms with E-state index in [4.69, 9.17) is 4.74 Å². The zero-order valence-electron chi connectivity index (χ0n) is 14.1. The first-order chi connectivity index (χ1) is 10.8. The molecule has 1 heterocycles. The number of benzene rings is 1. The monoisotopic (exact) mass is 314 g/mol. The second kappa shape index (κ2) is 6.69. The molecule has 1 aromatic heterocycles. The van der Waals surface area contributed by atoms with Crippen LogP contribution in [0.15, 0.2) is 24.3 Å². The molecule has 0 aliphatic carbocycles. The molecule has 5 nitrogen and oxygen atoms in total. The lowest BCUT2D eigenvalue weighted by Gasteiger charge is -2.07. The third kappa shape index (κ3) is 3.44. The van der Waals surface area contributed by atoms with Gasteiger partial charge in [-0.25, -0.2) is 0 Å². The summed E-state index contributed by atoms with van der Waals surface area (Å²) in [5.74, 6) is 0.350. The van der Waals surface area contributed by atoms with Gasteiger partial charge in [0.05, 0.1) is 18.4 Å². The van der Waals surface area contributed by atoms with E-state index in [1.807, 2.05) is 32.4 Å². The van der Waals surface area contributed by atoms with E-state index in [0.29, 0.717) is 11.3 Å². The Morgan fingerprint density at radius 1 is 1.35 bits per heavy atom. The number of hydrogen-bond donors (Lipinski definition) is 1. The molecule has 0 aliphatic heterocycles. The Morgan fingerprint density at radius 2 is 2.04 bits per heavy atom. The van der Waals surface area contributed by atoms with Crippen LogP contribution in [0, 0.1) is 13.8 Å². The largest absolute Gasteiger partial charge is 0.504 e. The van der Waals surface area contributed by atoms with Crippen molar-refractivity contribution in [2.75, 3.05) is 7.11 Å². The Kier molecular flexibility index (Phi) is 4.89. The normalized spacial score (nSPS) is 11.4. The summed E-state index contributed by atoms with van der Waals surface area (Å²) >= 11 is 0. The van der Waals surface area contributed by atoms with E-state index in [1.165, 1.54) is 13.2 Å². The van der Waals surface area contributed by atoms with E-state index in [9.17, 15) is 9.90 Å². The van der Waals surface area contributed by atoms with Gasteiger partial charge in [0.25, 0.3) is 0 Å². The van der Waals surface area contributed by atoms with Gasteiger partial charge in [-0.05, 0) is 51.5 Å². The topological polar surface area (TPSA) is 64.3 Å². The van der Waals surface area contributed by atoms with Crippen LogP contribution in [-0.2, 0) is 0 Å². The van der Waals surface area contributed by atoms with Crippen LogP contribution in [0.25, 0.3) is 6.08 Å². The molecule has 23 heavy (non-hydrogen) atoms. The van der Waals surface area contributed by atoms with Crippen LogP contribution in [-0.4, -0.2) is 27.8 Å². The fourth-order valence-electron chi connectivity index (χ4n) is 2.59. The van der Waals surface area contributed by atoms with E-state index >= 15 is 0 Å². The minimum atomic E-state index is -0.0952. The number of carbonyl (C=O) groups is 1. The molecule has 0 radical (unpaired) electrons. The highest BCUT2D eigenvalue weighted by Crippen LogP contribution is 2.27. The Morgan fingerprint density at radius 3 is 2.57 bits per heavy atom. The summed E-state index contributed by atoms with van der Waals surface area (Å²) < 4.78 is 6.86. The summed E-state index contributed by atoms with van der Waals surface area (Å²) in [4.78, 5) is 12.5. The lowest BCUT2D eigenvalue weighted by molar-refractivity contribution is 0.104. The zero-order valence-corrected chi connectivity index (χ0v) is 14.1. The number of rotatable bonds is 5. The number of methoxy groups -OCH3 is 1. The van der Waals surface area contributed by atoms with Crippen LogP contribution in [0.4, 0.5) is 0 Å². The van der Waals surface area contributed by atoms with Crippen molar-refractivity contribution in [3.05, 3.63) is 46.8 Å². The van der Waals surface area contributed by atoms with Gasteiger partial charge in [-0.2, -0.15) is 5.10 Å². The number of phenols is 1. The quantitative estimate of drug-likeness (QED) is 0.675. The van der Waals surface area contributed by atoms with Crippen LogP contribution in [0.1, 0.15) is 47.2 Å². The number of nitrogens with zero attached hydrogens (tertiary/aromatic N) is 2. The maximum atomic E-state index is 12.5. The van der Waals surface area contributed by atoms with Crippen molar-refractivity contribution >= 4 is 11.9 Å². The fourth-order valence-corrected chi connectivity index (χ4v) is 2.59. The summed E-state index contributed by atoms with van der Waals surface area (Å²) in [5.41, 5.74) is 2.95. The molecule has 0 fully saturated rings. The van der Waals surface area contributed by atoms with Crippen LogP contribution < -0.4 is 4.74 Å². The standard InChI is InChI=1S/C18H22N2O3/c1-11(2)20-13(4)18(12(3)19-20)15(21)8-6-14-7-9-17(23-5)16(22)10-14/h6-11,22H,1-5H3. The summed E-state index contributed by atoms with van der Waals surface area (Å²) in [5, 5.41) is 14.2. The zero-order chi connectivity index (χ0) is 17.1. The third-order valence-corrected chi connectivity index (χ3v) is 3.69. The maximum absolute atomic E-state index is 12.5. The molecule has 1 N–H and O–H groups in total. The molecule has 1 aromatic carbocycles. The lowest BCUT2D eigenvalue weighted by atomic mass is 10.1. The molecular weight excluding hydrogens is 292 g/mol. The van der Waals surface area contributed by atoms with Crippen LogP contribution in [0.5, 0.6) is 11.5 Å². The van der Waals surface area contributed by atoms with Gasteiger partial charge in [0.1, 0.15) is 0 Å². The molecule has 0 aliphatic rings. The van der Waals surface area contributed by atoms with E-state index in [-0.39, 0.29) is 17.6 Å². The van der Waals surface area contributed by atoms with Crippen LogP contribution in [0.2, 0.25) is 0 Å². The second-order valence-corrected chi connectivity index (χ2v) is 5.71. The number of aromatic hydroxyl groups is 1. The highest BCUT2D eigenvalue weighted by Gasteiger charge is 2.17. The molecule has 0 atom stereocenters. The van der Waals surface area contributed by atoms with Crippen LogP contribution >= 0.6 is 0 Å². The first-order valence-corrected chi connectivity index (χ1v) is 7.50. The molecule has 0 saturated carbocycles. The van der Waals surface area contributed by atoms with E-state index in [2.05, 4.69) is 5.10 Å². The molecule has 0 spiro atoms. The van der Waals surface area contributed by atoms with E-state index in [0.717, 1.165) is 17.0 Å². The van der Waals surface area contributed by atoms with Gasteiger partial charge in [0.2, 0.25) is 0 Å². The van der Waals surface area contributed by atoms with Crippen molar-refractivity contribution < 1.29 is 14.6 Å². The number of hydrogen-bond acceptors (Lipinski definition) is 4. The van der Waals surface area contributed by atoms with Crippen molar-refractivity contribution in [2.45, 2.75) is 33.7 Å². The summed E-state index contributed by atoms with van der Waals surface area (Å²) in [7, 11) is 1.49. The molecule has 2 aromatic rings. The Balaban J connectivity index is 2.27. The number of allylic oxidation sites excluding steroid dienone is 1. The average Bonchev–Trinajstić information content (AvgIpc) is 2.80. The van der Waals surface area contributed by atoms with Gasteiger partial charge < -0.3 is 9.84 Å². The van der Waals surface area contributed by atoms with Crippen molar-refractivity contribution in [1.29, 1.82) is 0 Å². The Bertz CT molecular complexity index is 758. The van der Waals surface area contributed by atoms with Gasteiger partial charge in [-0.3, -0.25) is 9.48 Å². The number of ketones is 1. The molecule has 5 heteroatoms. The molecule has 0 amide bonds. The maximum Gasteiger partial charge on any atom is 0.189 e. The molecule has 0 saturated heterocycles. The minimum Gasteiger partial charge on any atom is -0.504 e. The average molecular weight is 314 g/mol. The minimum absolute atomic E-state index is 0.0436. The second-order valence-electron chi connectivity index (χ2n) is 5.71. The van der Waals surface area contributed by atoms with Crippen molar-refractivity contribution in [3.63, 3.8) is 0 Å². The Labute approximate surface area is 136 Å². The van der Waals surface area contributed by atoms with Crippen molar-refractivity contribution in [1.82, 2.24) is 9.78 Å². The molecule has 2 rings (SSSR count). The van der Waals surface area contributed by atoms with E-state index < -0.39 is 0 Å². The Hall–Kier alpha value is -2.56. The van der Waals surface area contributed by atoms with Gasteiger partial charge in [0, 0.05) is 11.7 Å². The predicted molar refractivity (Wildman–Crippen MR) is 90.1 cm³/mol. The summed E-state index contributed by atoms with van der Waals surface area (Å²) in [6, 6.07) is 5.20. The highest BCUT2D eigenvalue weighted by molar-refractivity contribution is 6.08. The first kappa shape index (κ1) is 16.8. The number of aryl methyl sites for hydroxylation is 1. The number of phenolic OH excluding ortho intramolecular Hbond substituents is 1. The number of carbonyl (C=O) groups excluding carboxylic acids is 1. The molecule has 0 unspecified atom stereocenters. The molecule has 122 valence electrons. The lowest BCUT2D eigenvalue weighted by Crippen LogP contribution is -2.06. The number of aromatic nitrogens is 2. The smallest absolute Gasteiger partial charge is 0.189 e. The van der Waals surface area contributed by atoms with Gasteiger partial charge in [-0.15, -0.1) is 0 Å². The van der Waals surface area contributed by atoms with Crippen molar-refractivity contribution in [2.24, 2.45) is 0 Å². The number of ether oxygens (including phenoxy) is 1. The summed E-state index contributed by atoms with van der Waals surface area (Å²) in [6.07, 6.45) is 3.18. The van der Waals surface area contributed by atoms with E-state index in [1.54, 1.807) is 24.3 Å². The van der Waals surface area contributed by atoms with Crippen LogP contribution in [0.3, 0.4) is 0 Å². The van der Waals surface area contributed by atoms with Crippen molar-refractivity contribution in [3.8, 4) is 11.5 Å². The summed E-state index contributed by atoms with van der Waals surface area (Å²) in [6.45, 7) is 7.81. The van der Waals surface area contributed by atoms with Gasteiger partial charge in [-0.1, -0.05) is 12.1 Å². The van der Waals surface area contributed by atoms with Gasteiger partial charge in [0.15, 0.2) is 17.3 Å². The third-order valence-electron chi connectivity index (χ3n) is 3.69. The first-order valence-electron chi connectivity index (χ1n) is 7.50. The highest BCUT2D eigenvalue weighted by atomic mass is 16.5.